The highest BCUT2D eigenvalue weighted by Gasteiger charge is 1.96. The van der Waals surface area contributed by atoms with Crippen molar-refractivity contribution in [3.05, 3.63) is 29.6 Å². The molecule has 0 spiro atoms. The Labute approximate surface area is 76.7 Å². The number of pyridine rings is 1. The Morgan fingerprint density at radius 3 is 3.08 bits per heavy atom. The Hall–Kier alpha value is -1.45. The monoisotopic (exact) mass is 174 g/mol. The van der Waals surface area contributed by atoms with E-state index in [4.69, 9.17) is 5.26 Å². The number of nitriles is 1. The summed E-state index contributed by atoms with van der Waals surface area (Å²) >= 11 is 3.94. The molecule has 2 nitrogen and oxygen atoms in total. The fourth-order valence-electron chi connectivity index (χ4n) is 0.730. The second-order valence-electron chi connectivity index (χ2n) is 1.97. The van der Waals surface area contributed by atoms with Crippen LogP contribution in [0.15, 0.2) is 18.3 Å². The highest BCUT2D eigenvalue weighted by atomic mass is 32.1. The second-order valence-corrected chi connectivity index (χ2v) is 2.29. The van der Waals surface area contributed by atoms with E-state index in [1.165, 1.54) is 0 Å². The van der Waals surface area contributed by atoms with E-state index in [0.717, 1.165) is 0 Å². The average molecular weight is 174 g/mol. The lowest BCUT2D eigenvalue weighted by atomic mass is 10.2. The van der Waals surface area contributed by atoms with Crippen LogP contribution in [-0.4, -0.2) is 10.7 Å². The molecule has 0 radical (unpaired) electrons. The van der Waals surface area contributed by atoms with Gasteiger partial charge in [-0.05, 0) is 12.1 Å². The smallest absolute Gasteiger partial charge is 0.156 e. The van der Waals surface area contributed by atoms with Gasteiger partial charge in [0, 0.05) is 6.20 Å². The lowest BCUT2D eigenvalue weighted by molar-refractivity contribution is 1.25. The van der Waals surface area contributed by atoms with E-state index in [2.05, 4.69) is 29.5 Å². The fraction of sp³-hybridized carbons (Fsp3) is 0.111. The van der Waals surface area contributed by atoms with Gasteiger partial charge in [-0.3, -0.25) is 0 Å². The van der Waals surface area contributed by atoms with Gasteiger partial charge in [-0.2, -0.15) is 17.9 Å². The normalized spacial score (nSPS) is 8.00. The van der Waals surface area contributed by atoms with Crippen molar-refractivity contribution in [2.75, 3.05) is 5.75 Å². The molecule has 0 saturated heterocycles. The summed E-state index contributed by atoms with van der Waals surface area (Å²) in [5, 5.41) is 8.62. The van der Waals surface area contributed by atoms with Crippen LogP contribution in [0, 0.1) is 23.2 Å². The molecule has 3 heteroatoms. The first kappa shape index (κ1) is 8.64. The van der Waals surface area contributed by atoms with Gasteiger partial charge in [0.15, 0.2) is 5.69 Å². The summed E-state index contributed by atoms with van der Waals surface area (Å²) in [6.45, 7) is 0. The SMILES string of the molecule is N#Cc1ncccc1C#CCS. The van der Waals surface area contributed by atoms with Crippen LogP contribution in [-0.2, 0) is 0 Å². The molecule has 1 aromatic heterocycles. The van der Waals surface area contributed by atoms with Gasteiger partial charge in [-0.25, -0.2) is 4.98 Å². The van der Waals surface area contributed by atoms with Crippen molar-refractivity contribution < 1.29 is 0 Å². The minimum absolute atomic E-state index is 0.367. The maximum Gasteiger partial charge on any atom is 0.156 e. The molecule has 58 valence electrons. The van der Waals surface area contributed by atoms with Gasteiger partial charge in [0.05, 0.1) is 11.3 Å². The first-order chi connectivity index (χ1) is 5.88. The van der Waals surface area contributed by atoms with E-state index >= 15 is 0 Å². The number of rotatable bonds is 0. The van der Waals surface area contributed by atoms with E-state index in [9.17, 15) is 0 Å². The third-order valence-corrected chi connectivity index (χ3v) is 1.37. The molecule has 0 aliphatic carbocycles. The molecule has 0 N–H and O–H groups in total. The molecule has 1 aromatic rings. The van der Waals surface area contributed by atoms with Crippen LogP contribution in [0.25, 0.3) is 0 Å². The van der Waals surface area contributed by atoms with Gasteiger partial charge in [-0.1, -0.05) is 11.8 Å². The minimum atomic E-state index is 0.367. The van der Waals surface area contributed by atoms with Gasteiger partial charge in [0.1, 0.15) is 6.07 Å². The van der Waals surface area contributed by atoms with Crippen molar-refractivity contribution in [2.24, 2.45) is 0 Å². The molecular formula is C9H6N2S. The molecular weight excluding hydrogens is 168 g/mol. The van der Waals surface area contributed by atoms with Gasteiger partial charge in [0.25, 0.3) is 0 Å². The standard InChI is InChI=1S/C9H6N2S/c10-7-9-8(4-2-6-12)3-1-5-11-9/h1,3,5,12H,6H2. The number of thiol groups is 1. The van der Waals surface area contributed by atoms with Gasteiger partial charge < -0.3 is 0 Å². The zero-order valence-electron chi connectivity index (χ0n) is 6.28. The average Bonchev–Trinajstić information content (AvgIpc) is 2.15. The second kappa shape index (κ2) is 4.43. The van der Waals surface area contributed by atoms with Crippen molar-refractivity contribution in [1.29, 1.82) is 5.26 Å². The summed E-state index contributed by atoms with van der Waals surface area (Å²) in [4.78, 5) is 3.86. The largest absolute Gasteiger partial charge is 0.244 e. The molecule has 0 amide bonds. The molecule has 12 heavy (non-hydrogen) atoms. The van der Waals surface area contributed by atoms with E-state index in [0.29, 0.717) is 17.0 Å². The molecule has 0 bridgehead atoms. The molecule has 0 saturated carbocycles. The maximum absolute atomic E-state index is 8.62. The van der Waals surface area contributed by atoms with Crippen LogP contribution >= 0.6 is 12.6 Å². The summed E-state index contributed by atoms with van der Waals surface area (Å²) in [6.07, 6.45) is 1.57. The predicted molar refractivity (Wildman–Crippen MR) is 49.7 cm³/mol. The first-order valence-electron chi connectivity index (χ1n) is 3.33. The molecule has 0 unspecified atom stereocenters. The van der Waals surface area contributed by atoms with E-state index < -0.39 is 0 Å². The van der Waals surface area contributed by atoms with Gasteiger partial charge in [-0.15, -0.1) is 0 Å². The van der Waals surface area contributed by atoms with Crippen LogP contribution in [0.4, 0.5) is 0 Å². The summed E-state index contributed by atoms with van der Waals surface area (Å²) in [5.74, 6) is 6.05. The lowest BCUT2D eigenvalue weighted by Gasteiger charge is -1.90. The van der Waals surface area contributed by atoms with Crippen molar-refractivity contribution in [3.63, 3.8) is 0 Å². The Kier molecular flexibility index (Phi) is 3.19. The molecule has 1 rings (SSSR count). The lowest BCUT2D eigenvalue weighted by Crippen LogP contribution is -1.86. The molecule has 0 aliphatic rings. The number of hydrogen-bond acceptors (Lipinski definition) is 3. The van der Waals surface area contributed by atoms with Crippen LogP contribution in [0.3, 0.4) is 0 Å². The summed E-state index contributed by atoms with van der Waals surface area (Å²) in [5.41, 5.74) is 1.03. The van der Waals surface area contributed by atoms with E-state index in [1.807, 2.05) is 6.07 Å². The fourth-order valence-corrected chi connectivity index (χ4v) is 0.809. The number of hydrogen-bond donors (Lipinski definition) is 1. The zero-order valence-corrected chi connectivity index (χ0v) is 7.18. The molecule has 0 fully saturated rings. The van der Waals surface area contributed by atoms with Crippen LogP contribution in [0.5, 0.6) is 0 Å². The van der Waals surface area contributed by atoms with Crippen molar-refractivity contribution >= 4 is 12.6 Å². The first-order valence-corrected chi connectivity index (χ1v) is 3.96. The van der Waals surface area contributed by atoms with E-state index in [1.54, 1.807) is 18.3 Å². The van der Waals surface area contributed by atoms with Gasteiger partial charge in [0.2, 0.25) is 0 Å². The summed E-state index contributed by atoms with van der Waals surface area (Å²) in [6, 6.07) is 5.49. The Morgan fingerprint density at radius 2 is 2.42 bits per heavy atom. The minimum Gasteiger partial charge on any atom is -0.244 e. The van der Waals surface area contributed by atoms with Crippen molar-refractivity contribution in [1.82, 2.24) is 4.98 Å². The molecule has 1 heterocycles. The maximum atomic E-state index is 8.62. The van der Waals surface area contributed by atoms with Crippen molar-refractivity contribution in [2.45, 2.75) is 0 Å². The Morgan fingerprint density at radius 1 is 1.58 bits per heavy atom. The third-order valence-electron chi connectivity index (χ3n) is 1.22. The molecule has 0 aromatic carbocycles. The van der Waals surface area contributed by atoms with Crippen molar-refractivity contribution in [3.8, 4) is 17.9 Å². The zero-order chi connectivity index (χ0) is 8.81. The highest BCUT2D eigenvalue weighted by Crippen LogP contribution is 2.00. The van der Waals surface area contributed by atoms with Crippen LogP contribution in [0.2, 0.25) is 0 Å². The van der Waals surface area contributed by atoms with E-state index in [-0.39, 0.29) is 0 Å². The summed E-state index contributed by atoms with van der Waals surface area (Å²) in [7, 11) is 0. The van der Waals surface area contributed by atoms with Gasteiger partial charge >= 0.3 is 0 Å². The number of nitrogens with zero attached hydrogens (tertiary/aromatic N) is 2. The molecule has 0 atom stereocenters. The van der Waals surface area contributed by atoms with Crippen LogP contribution in [0.1, 0.15) is 11.3 Å². The summed E-state index contributed by atoms with van der Waals surface area (Å²) < 4.78 is 0. The van der Waals surface area contributed by atoms with Crippen LogP contribution < -0.4 is 0 Å². The number of aromatic nitrogens is 1. The highest BCUT2D eigenvalue weighted by molar-refractivity contribution is 7.80. The molecule has 0 aliphatic heterocycles. The Bertz CT molecular complexity index is 368. The Balaban J connectivity index is 3.07. The predicted octanol–water partition coefficient (Wildman–Crippen LogP) is 1.23. The topological polar surface area (TPSA) is 36.7 Å². The third kappa shape index (κ3) is 2.02. The quantitative estimate of drug-likeness (QED) is 0.474.